The molecule has 0 saturated heterocycles. The molecule has 0 aliphatic rings. The van der Waals surface area contributed by atoms with E-state index in [2.05, 4.69) is 0 Å². The molecule has 0 aromatic rings. The quantitative estimate of drug-likeness (QED) is 0.191. The Kier molecular flexibility index (Phi) is 18.3. The third-order valence-electron chi connectivity index (χ3n) is 0. The first kappa shape index (κ1) is 15.8. The van der Waals surface area contributed by atoms with Gasteiger partial charge in [0.1, 0.15) is 0 Å². The van der Waals surface area contributed by atoms with E-state index in [4.69, 9.17) is 30.3 Å². The van der Waals surface area contributed by atoms with E-state index in [9.17, 15) is 0 Å². The van der Waals surface area contributed by atoms with Crippen LogP contribution in [0.5, 0.6) is 0 Å². The van der Waals surface area contributed by atoms with E-state index >= 15 is 0 Å². The molecular formula is CH4NNaO6. The summed E-state index contributed by atoms with van der Waals surface area (Å²) in [7, 11) is 0. The van der Waals surface area contributed by atoms with Gasteiger partial charge in [0.05, 0.1) is 0 Å². The first-order valence-corrected chi connectivity index (χ1v) is 1.22. The molecule has 0 spiro atoms. The summed E-state index contributed by atoms with van der Waals surface area (Å²) in [5.41, 5.74) is 0. The van der Waals surface area contributed by atoms with Crippen molar-refractivity contribution < 1.29 is 56.3 Å². The van der Waals surface area contributed by atoms with Gasteiger partial charge in [0.25, 0.3) is 5.09 Å². The third kappa shape index (κ3) is 796. The van der Waals surface area contributed by atoms with Crippen molar-refractivity contribution in [2.24, 2.45) is 0 Å². The van der Waals surface area contributed by atoms with Gasteiger partial charge in [0.15, 0.2) is 0 Å². The Morgan fingerprint density at radius 2 is 1.56 bits per heavy atom. The largest absolute Gasteiger partial charge is 1.00 e. The Balaban J connectivity index is -0.0000000300. The van der Waals surface area contributed by atoms with Crippen LogP contribution in [0.1, 0.15) is 1.43 Å². The molecule has 7 nitrogen and oxygen atoms in total. The molecule has 0 aliphatic carbocycles. The molecular weight excluding hydrogens is 145 g/mol. The van der Waals surface area contributed by atoms with Crippen LogP contribution >= 0.6 is 0 Å². The van der Waals surface area contributed by atoms with Gasteiger partial charge in [0, 0.05) is 0 Å². The fourth-order valence-corrected chi connectivity index (χ4v) is 0. The summed E-state index contributed by atoms with van der Waals surface area (Å²) in [6, 6.07) is 0. The standard InChI is InChI=1S/CH2O3.HNO3.Na.H/c2*2-1(3)4;;/h(H2,2,3,4);(H,2,3,4);;/q;;+1;-1. The van der Waals surface area contributed by atoms with Gasteiger partial charge < -0.3 is 16.8 Å². The van der Waals surface area contributed by atoms with E-state index in [1.54, 1.807) is 0 Å². The van der Waals surface area contributed by atoms with E-state index in [1.807, 2.05) is 0 Å². The monoisotopic (exact) mass is 149 g/mol. The molecule has 0 aromatic heterocycles. The van der Waals surface area contributed by atoms with Crippen molar-refractivity contribution in [3.8, 4) is 0 Å². The van der Waals surface area contributed by atoms with Crippen LogP contribution in [0.4, 0.5) is 4.79 Å². The minimum absolute atomic E-state index is 0. The van der Waals surface area contributed by atoms with Crippen LogP contribution in [0.2, 0.25) is 0 Å². The molecule has 3 N–H and O–H groups in total. The average molecular weight is 149 g/mol. The maximum absolute atomic E-state index is 8.56. The molecule has 0 unspecified atom stereocenters. The van der Waals surface area contributed by atoms with Gasteiger partial charge in [0.2, 0.25) is 0 Å². The number of hydrogen-bond donors (Lipinski definition) is 3. The maximum atomic E-state index is 8.56. The van der Waals surface area contributed by atoms with Crippen LogP contribution in [0.15, 0.2) is 0 Å². The van der Waals surface area contributed by atoms with Crippen LogP contribution in [-0.2, 0) is 0 Å². The Bertz CT molecular complexity index is 75.7. The summed E-state index contributed by atoms with van der Waals surface area (Å²) in [6.07, 6.45) is -1.83. The summed E-state index contributed by atoms with van der Waals surface area (Å²) in [4.78, 5) is 16.9. The SMILES string of the molecule is O=C(O)O.O=[N+]([O-])O.[H-].[Na+]. The van der Waals surface area contributed by atoms with Gasteiger partial charge in [-0.1, -0.05) is 0 Å². The average Bonchev–Trinajstić information content (AvgIpc) is 1.25. The molecule has 0 rings (SSSR count). The maximum Gasteiger partial charge on any atom is 1.00 e. The molecule has 0 radical (unpaired) electrons. The second-order valence-corrected chi connectivity index (χ2v) is 0.520. The van der Waals surface area contributed by atoms with Crippen molar-refractivity contribution in [1.29, 1.82) is 0 Å². The molecule has 50 valence electrons. The number of hydrogen-bond acceptors (Lipinski definition) is 3. The van der Waals surface area contributed by atoms with Crippen LogP contribution in [-0.4, -0.2) is 26.7 Å². The molecule has 0 fully saturated rings. The van der Waals surface area contributed by atoms with Crippen molar-refractivity contribution in [3.05, 3.63) is 10.1 Å². The second kappa shape index (κ2) is 10.5. The predicted octanol–water partition coefficient (Wildman–Crippen LogP) is -3.01. The fourth-order valence-electron chi connectivity index (χ4n) is 0. The smallest absolute Gasteiger partial charge is 1.00 e. The van der Waals surface area contributed by atoms with Gasteiger partial charge in [-0.2, -0.15) is 0 Å². The van der Waals surface area contributed by atoms with Gasteiger partial charge in [-0.3, -0.25) is 0 Å². The minimum atomic E-state index is -1.83. The summed E-state index contributed by atoms with van der Waals surface area (Å²) < 4.78 is 0. The zero-order chi connectivity index (χ0) is 7.15. The number of rotatable bonds is 0. The van der Waals surface area contributed by atoms with Gasteiger partial charge in [-0.15, -0.1) is 10.1 Å². The van der Waals surface area contributed by atoms with Gasteiger partial charge in [-0.05, 0) is 0 Å². The fraction of sp³-hybridized carbons (Fsp3) is 0. The van der Waals surface area contributed by atoms with E-state index in [0.717, 1.165) is 0 Å². The topological polar surface area (TPSA) is 121 Å². The first-order chi connectivity index (χ1) is 3.46. The zero-order valence-corrected chi connectivity index (χ0v) is 6.51. The Labute approximate surface area is 72.8 Å². The number of carbonyl (C=O) groups is 1. The molecule has 0 atom stereocenters. The summed E-state index contributed by atoms with van der Waals surface area (Å²) in [5.74, 6) is 0. The van der Waals surface area contributed by atoms with E-state index in [1.165, 1.54) is 0 Å². The van der Waals surface area contributed by atoms with Crippen molar-refractivity contribution >= 4 is 6.16 Å². The normalized spacial score (nSPS) is 5.33. The molecule has 0 bridgehead atoms. The predicted molar refractivity (Wildman–Crippen MR) is 20.5 cm³/mol. The molecule has 0 heterocycles. The second-order valence-electron chi connectivity index (χ2n) is 0.520. The number of carboxylic acid groups (broad SMARTS) is 2. The summed E-state index contributed by atoms with van der Waals surface area (Å²) in [6.45, 7) is 0. The Hall–Kier alpha value is -0.530. The van der Waals surface area contributed by atoms with Crippen molar-refractivity contribution in [2.45, 2.75) is 0 Å². The van der Waals surface area contributed by atoms with E-state index < -0.39 is 11.2 Å². The van der Waals surface area contributed by atoms with E-state index in [-0.39, 0.29) is 31.0 Å². The zero-order valence-electron chi connectivity index (χ0n) is 5.51. The Morgan fingerprint density at radius 3 is 1.56 bits per heavy atom. The van der Waals surface area contributed by atoms with Crippen LogP contribution < -0.4 is 29.6 Å². The third-order valence-corrected chi connectivity index (χ3v) is 0. The van der Waals surface area contributed by atoms with Crippen molar-refractivity contribution in [2.75, 3.05) is 0 Å². The molecule has 0 aliphatic heterocycles. The van der Waals surface area contributed by atoms with E-state index in [0.29, 0.717) is 0 Å². The van der Waals surface area contributed by atoms with Crippen LogP contribution in [0, 0.1) is 10.1 Å². The first-order valence-electron chi connectivity index (χ1n) is 1.22. The molecule has 0 aromatic carbocycles. The number of nitrogens with zero attached hydrogens (tertiary/aromatic N) is 1. The van der Waals surface area contributed by atoms with Gasteiger partial charge >= 0.3 is 35.7 Å². The summed E-state index contributed by atoms with van der Waals surface area (Å²) in [5, 5.41) is 27.6. The van der Waals surface area contributed by atoms with Crippen molar-refractivity contribution in [3.63, 3.8) is 0 Å². The summed E-state index contributed by atoms with van der Waals surface area (Å²) >= 11 is 0. The van der Waals surface area contributed by atoms with Crippen LogP contribution in [0.25, 0.3) is 0 Å². The van der Waals surface area contributed by atoms with Gasteiger partial charge in [-0.25, -0.2) is 4.79 Å². The molecule has 0 saturated carbocycles. The molecule has 8 heteroatoms. The van der Waals surface area contributed by atoms with Crippen LogP contribution in [0.3, 0.4) is 0 Å². The van der Waals surface area contributed by atoms with Crippen molar-refractivity contribution in [1.82, 2.24) is 0 Å². The Morgan fingerprint density at radius 1 is 1.56 bits per heavy atom. The molecule has 0 amide bonds. The minimum Gasteiger partial charge on any atom is -1.00 e. The molecule has 9 heavy (non-hydrogen) atoms.